The summed E-state index contributed by atoms with van der Waals surface area (Å²) in [6.45, 7) is 5.32. The van der Waals surface area contributed by atoms with E-state index >= 15 is 0 Å². The first-order valence-electron chi connectivity index (χ1n) is 15.1. The van der Waals surface area contributed by atoms with Gasteiger partial charge in [0.15, 0.2) is 5.76 Å². The lowest BCUT2D eigenvalue weighted by Crippen LogP contribution is -2.44. The molecule has 4 heterocycles. The number of rotatable bonds is 8. The Hall–Kier alpha value is -4.39. The van der Waals surface area contributed by atoms with Crippen molar-refractivity contribution in [2.75, 3.05) is 31.5 Å². The molecule has 2 aromatic carbocycles. The molecule has 0 saturated carbocycles. The van der Waals surface area contributed by atoms with Crippen LogP contribution in [0.4, 0.5) is 5.69 Å². The Balaban J connectivity index is 0.973. The molecular formula is C34H38N6O3. The van der Waals surface area contributed by atoms with E-state index in [0.29, 0.717) is 16.8 Å². The number of aromatic nitrogens is 1. The van der Waals surface area contributed by atoms with Gasteiger partial charge in [-0.25, -0.2) is 0 Å². The highest BCUT2D eigenvalue weighted by atomic mass is 16.3. The van der Waals surface area contributed by atoms with Crippen LogP contribution in [-0.4, -0.2) is 58.4 Å². The highest BCUT2D eigenvalue weighted by Crippen LogP contribution is 2.26. The molecule has 43 heavy (non-hydrogen) atoms. The van der Waals surface area contributed by atoms with Crippen molar-refractivity contribution in [3.8, 4) is 6.07 Å². The zero-order chi connectivity index (χ0) is 29.8. The van der Waals surface area contributed by atoms with Gasteiger partial charge in [0.05, 0.1) is 11.6 Å². The number of furan rings is 1. The van der Waals surface area contributed by atoms with Crippen LogP contribution in [-0.2, 0) is 24.9 Å². The Morgan fingerprint density at radius 3 is 2.35 bits per heavy atom. The SMILES string of the molecule is Cn1cccc1CN1CCC(C(=O)Nc2ccc3oc(C(=O)NC4CCN(Cc5ccc(C#N)cc5)CC4)cc3c2)CC1. The summed E-state index contributed by atoms with van der Waals surface area (Å²) < 4.78 is 8.01. The van der Waals surface area contributed by atoms with E-state index in [1.807, 2.05) is 42.5 Å². The van der Waals surface area contributed by atoms with Crippen LogP contribution in [0, 0.1) is 17.2 Å². The summed E-state index contributed by atoms with van der Waals surface area (Å²) in [6, 6.07) is 21.4. The normalized spacial score (nSPS) is 17.1. The number of piperidine rings is 2. The van der Waals surface area contributed by atoms with Gasteiger partial charge >= 0.3 is 0 Å². The minimum absolute atomic E-state index is 0.0124. The second kappa shape index (κ2) is 12.9. The van der Waals surface area contributed by atoms with Gasteiger partial charge in [0.2, 0.25) is 5.91 Å². The number of carbonyl (C=O) groups is 2. The average Bonchev–Trinajstić information content (AvgIpc) is 3.64. The molecule has 0 aliphatic carbocycles. The quantitative estimate of drug-likeness (QED) is 0.309. The molecule has 2 aliphatic rings. The first kappa shape index (κ1) is 28.7. The van der Waals surface area contributed by atoms with Crippen molar-refractivity contribution in [3.05, 3.63) is 89.4 Å². The third-order valence-corrected chi connectivity index (χ3v) is 8.81. The molecule has 2 amide bonds. The molecule has 2 N–H and O–H groups in total. The third-order valence-electron chi connectivity index (χ3n) is 8.81. The van der Waals surface area contributed by atoms with E-state index in [9.17, 15) is 9.59 Å². The van der Waals surface area contributed by atoms with Crippen molar-refractivity contribution in [1.29, 1.82) is 5.26 Å². The van der Waals surface area contributed by atoms with Crippen molar-refractivity contribution in [1.82, 2.24) is 19.7 Å². The molecule has 222 valence electrons. The zero-order valence-corrected chi connectivity index (χ0v) is 24.6. The van der Waals surface area contributed by atoms with Gasteiger partial charge in [-0.2, -0.15) is 5.26 Å². The highest BCUT2D eigenvalue weighted by molar-refractivity contribution is 5.98. The Morgan fingerprint density at radius 2 is 1.65 bits per heavy atom. The number of anilines is 1. The van der Waals surface area contributed by atoms with Crippen LogP contribution >= 0.6 is 0 Å². The maximum Gasteiger partial charge on any atom is 0.287 e. The van der Waals surface area contributed by atoms with Crippen LogP contribution in [0.2, 0.25) is 0 Å². The van der Waals surface area contributed by atoms with Gasteiger partial charge in [0.25, 0.3) is 5.91 Å². The number of benzene rings is 2. The number of nitriles is 1. The molecule has 9 heteroatoms. The molecule has 0 unspecified atom stereocenters. The van der Waals surface area contributed by atoms with E-state index in [-0.39, 0.29) is 29.5 Å². The molecule has 2 aliphatic heterocycles. The van der Waals surface area contributed by atoms with Gasteiger partial charge in [0, 0.05) is 68.2 Å². The molecule has 9 nitrogen and oxygen atoms in total. The van der Waals surface area contributed by atoms with Gasteiger partial charge in [-0.15, -0.1) is 0 Å². The Labute approximate surface area is 252 Å². The number of fused-ring (bicyclic) bond motifs is 1. The monoisotopic (exact) mass is 578 g/mol. The first-order valence-corrected chi connectivity index (χ1v) is 15.1. The number of aryl methyl sites for hydroxylation is 1. The Kier molecular flexibility index (Phi) is 8.59. The highest BCUT2D eigenvalue weighted by Gasteiger charge is 2.26. The fourth-order valence-corrected chi connectivity index (χ4v) is 6.16. The maximum absolute atomic E-state index is 13.0. The van der Waals surface area contributed by atoms with Crippen LogP contribution in [0.15, 0.2) is 71.3 Å². The topological polar surface area (TPSA) is 107 Å². The molecular weight excluding hydrogens is 540 g/mol. The Bertz CT molecular complexity index is 1620. The smallest absolute Gasteiger partial charge is 0.287 e. The molecule has 0 radical (unpaired) electrons. The van der Waals surface area contributed by atoms with Crippen LogP contribution in [0.5, 0.6) is 0 Å². The summed E-state index contributed by atoms with van der Waals surface area (Å²) in [4.78, 5) is 30.8. The lowest BCUT2D eigenvalue weighted by atomic mass is 9.95. The number of nitrogens with one attached hydrogen (secondary N) is 2. The molecule has 0 bridgehead atoms. The first-order chi connectivity index (χ1) is 20.9. The molecule has 0 atom stereocenters. The van der Waals surface area contributed by atoms with Crippen molar-refractivity contribution in [3.63, 3.8) is 0 Å². The minimum Gasteiger partial charge on any atom is -0.451 e. The van der Waals surface area contributed by atoms with Crippen LogP contribution in [0.3, 0.4) is 0 Å². The van der Waals surface area contributed by atoms with Crippen LogP contribution in [0.1, 0.15) is 53.1 Å². The van der Waals surface area contributed by atoms with Gasteiger partial charge < -0.3 is 19.6 Å². The minimum atomic E-state index is -0.213. The van der Waals surface area contributed by atoms with Gasteiger partial charge in [-0.05, 0) is 92.9 Å². The molecule has 0 spiro atoms. The predicted molar refractivity (Wildman–Crippen MR) is 165 cm³/mol. The number of hydrogen-bond donors (Lipinski definition) is 2. The molecule has 2 saturated heterocycles. The molecule has 2 fully saturated rings. The number of likely N-dealkylation sites (tertiary alicyclic amines) is 2. The Morgan fingerprint density at radius 1 is 0.930 bits per heavy atom. The second-order valence-corrected chi connectivity index (χ2v) is 11.8. The second-order valence-electron chi connectivity index (χ2n) is 11.8. The van der Waals surface area contributed by atoms with Crippen molar-refractivity contribution < 1.29 is 14.0 Å². The third kappa shape index (κ3) is 6.99. The molecule has 4 aromatic rings. The van der Waals surface area contributed by atoms with Crippen LogP contribution < -0.4 is 10.6 Å². The number of hydrogen-bond acceptors (Lipinski definition) is 6. The summed E-state index contributed by atoms with van der Waals surface area (Å²) >= 11 is 0. The van der Waals surface area contributed by atoms with E-state index in [1.54, 1.807) is 6.07 Å². The van der Waals surface area contributed by atoms with Crippen LogP contribution in [0.25, 0.3) is 11.0 Å². The summed E-state index contributed by atoms with van der Waals surface area (Å²) in [5.74, 6) is 0.102. The zero-order valence-electron chi connectivity index (χ0n) is 24.6. The lowest BCUT2D eigenvalue weighted by molar-refractivity contribution is -0.121. The standard InChI is InChI=1S/C34H38N6O3/c1-38-14-2-3-30(38)23-40-15-10-26(11-16-40)33(41)37-29-8-9-31-27(19-29)20-32(43-31)34(42)36-28-12-17-39(18-13-28)22-25-6-4-24(21-35)5-7-25/h2-9,14,19-20,26,28H,10-13,15-18,22-23H2,1H3,(H,36,42)(H,37,41). The number of carbonyl (C=O) groups excluding carboxylic acids is 2. The summed E-state index contributed by atoms with van der Waals surface area (Å²) in [6.07, 6.45) is 5.46. The van der Waals surface area contributed by atoms with E-state index in [2.05, 4.69) is 56.4 Å². The fourth-order valence-electron chi connectivity index (χ4n) is 6.16. The summed E-state index contributed by atoms with van der Waals surface area (Å²) in [5.41, 5.74) is 4.47. The molecule has 6 rings (SSSR count). The number of nitrogens with zero attached hydrogens (tertiary/aromatic N) is 4. The van der Waals surface area contributed by atoms with Crippen molar-refractivity contribution >= 4 is 28.5 Å². The largest absolute Gasteiger partial charge is 0.451 e. The molecule has 2 aromatic heterocycles. The van der Waals surface area contributed by atoms with E-state index < -0.39 is 0 Å². The summed E-state index contributed by atoms with van der Waals surface area (Å²) in [7, 11) is 2.06. The maximum atomic E-state index is 13.0. The van der Waals surface area contributed by atoms with Gasteiger partial charge in [0.1, 0.15) is 5.58 Å². The van der Waals surface area contributed by atoms with E-state index in [0.717, 1.165) is 70.3 Å². The van der Waals surface area contributed by atoms with Gasteiger partial charge in [-0.1, -0.05) is 12.1 Å². The lowest BCUT2D eigenvalue weighted by Gasteiger charge is -2.32. The fraction of sp³-hybridized carbons (Fsp3) is 0.382. The summed E-state index contributed by atoms with van der Waals surface area (Å²) in [5, 5.41) is 16.0. The predicted octanol–water partition coefficient (Wildman–Crippen LogP) is 4.89. The van der Waals surface area contributed by atoms with E-state index in [1.165, 1.54) is 11.3 Å². The van der Waals surface area contributed by atoms with E-state index in [4.69, 9.17) is 9.68 Å². The number of amides is 2. The van der Waals surface area contributed by atoms with Gasteiger partial charge in [-0.3, -0.25) is 19.4 Å². The van der Waals surface area contributed by atoms with Crippen molar-refractivity contribution in [2.45, 2.75) is 44.8 Å². The average molecular weight is 579 g/mol. The van der Waals surface area contributed by atoms with Crippen molar-refractivity contribution in [2.24, 2.45) is 13.0 Å².